The summed E-state index contributed by atoms with van der Waals surface area (Å²) in [6.45, 7) is 7.02. The highest BCUT2D eigenvalue weighted by Gasteiger charge is 2.26. The zero-order chi connectivity index (χ0) is 9.61. The number of methoxy groups -OCH3 is 1. The first-order valence-corrected chi connectivity index (χ1v) is 4.33. The highest BCUT2D eigenvalue weighted by molar-refractivity contribution is 5.07. The van der Waals surface area contributed by atoms with Gasteiger partial charge >= 0.3 is 0 Å². The molecule has 1 atom stereocenters. The number of ether oxygens (including phenoxy) is 1. The average Bonchev–Trinajstić information content (AvgIpc) is 2.05. The highest BCUT2D eigenvalue weighted by atomic mass is 16.5. The molecule has 0 aromatic rings. The van der Waals surface area contributed by atoms with Gasteiger partial charge < -0.3 is 10.1 Å². The second-order valence-electron chi connectivity index (χ2n) is 3.36. The van der Waals surface area contributed by atoms with E-state index in [0.717, 1.165) is 13.0 Å². The molecule has 0 saturated heterocycles. The summed E-state index contributed by atoms with van der Waals surface area (Å²) in [7, 11) is 1.68. The SMILES string of the molecule is C#CC(NCCC)C(C)(C)OC. The van der Waals surface area contributed by atoms with E-state index in [0.29, 0.717) is 0 Å². The maximum absolute atomic E-state index is 5.38. The van der Waals surface area contributed by atoms with Crippen LogP contribution in [0.2, 0.25) is 0 Å². The molecule has 0 fully saturated rings. The first-order valence-electron chi connectivity index (χ1n) is 4.33. The van der Waals surface area contributed by atoms with E-state index in [1.54, 1.807) is 7.11 Å². The molecule has 1 N–H and O–H groups in total. The Labute approximate surface area is 75.7 Å². The predicted molar refractivity (Wildman–Crippen MR) is 52.0 cm³/mol. The molecular formula is C10H19NO. The quantitative estimate of drug-likeness (QED) is 0.628. The maximum Gasteiger partial charge on any atom is 0.0975 e. The van der Waals surface area contributed by atoms with Crippen LogP contribution in [0.4, 0.5) is 0 Å². The van der Waals surface area contributed by atoms with Gasteiger partial charge in [0.1, 0.15) is 0 Å². The standard InChI is InChI=1S/C10H19NO/c1-6-8-11-9(7-2)10(3,4)12-5/h2,9,11H,6,8H2,1,3-5H3. The summed E-state index contributed by atoms with van der Waals surface area (Å²) in [5, 5.41) is 3.25. The predicted octanol–water partition coefficient (Wildman–Crippen LogP) is 1.41. The van der Waals surface area contributed by atoms with Crippen molar-refractivity contribution in [2.24, 2.45) is 0 Å². The number of hydrogen-bond donors (Lipinski definition) is 1. The molecule has 1 unspecified atom stereocenters. The third kappa shape index (κ3) is 3.25. The van der Waals surface area contributed by atoms with Gasteiger partial charge in [-0.3, -0.25) is 0 Å². The Hall–Kier alpha value is -0.520. The van der Waals surface area contributed by atoms with Crippen molar-refractivity contribution in [3.8, 4) is 12.3 Å². The van der Waals surface area contributed by atoms with Crippen molar-refractivity contribution in [2.75, 3.05) is 13.7 Å². The summed E-state index contributed by atoms with van der Waals surface area (Å²) in [6, 6.07) is -0.0116. The van der Waals surface area contributed by atoms with Gasteiger partial charge in [-0.15, -0.1) is 6.42 Å². The lowest BCUT2D eigenvalue weighted by molar-refractivity contribution is 0.00560. The fraction of sp³-hybridized carbons (Fsp3) is 0.800. The minimum absolute atomic E-state index is 0.0116. The van der Waals surface area contributed by atoms with E-state index in [1.165, 1.54) is 0 Å². The summed E-state index contributed by atoms with van der Waals surface area (Å²) in [5.41, 5.74) is -0.288. The first-order chi connectivity index (χ1) is 5.58. The van der Waals surface area contributed by atoms with E-state index >= 15 is 0 Å². The van der Waals surface area contributed by atoms with Gasteiger partial charge in [-0.05, 0) is 26.8 Å². The molecule has 0 aliphatic carbocycles. The lowest BCUT2D eigenvalue weighted by atomic mass is 9.99. The second-order valence-corrected chi connectivity index (χ2v) is 3.36. The topological polar surface area (TPSA) is 21.3 Å². The molecule has 0 saturated carbocycles. The van der Waals surface area contributed by atoms with Crippen molar-refractivity contribution < 1.29 is 4.74 Å². The maximum atomic E-state index is 5.38. The van der Waals surface area contributed by atoms with E-state index in [2.05, 4.69) is 18.2 Å². The molecule has 12 heavy (non-hydrogen) atoms. The molecule has 2 nitrogen and oxygen atoms in total. The normalized spacial score (nSPS) is 13.9. The lowest BCUT2D eigenvalue weighted by Crippen LogP contribution is -2.47. The summed E-state index contributed by atoms with van der Waals surface area (Å²) in [5.74, 6) is 2.69. The van der Waals surface area contributed by atoms with Gasteiger partial charge in [-0.2, -0.15) is 0 Å². The molecule has 0 aliphatic heterocycles. The van der Waals surface area contributed by atoms with Crippen LogP contribution in [0.25, 0.3) is 0 Å². The summed E-state index contributed by atoms with van der Waals surface area (Å²) < 4.78 is 5.28. The number of terminal acetylenes is 1. The van der Waals surface area contributed by atoms with Crippen molar-refractivity contribution >= 4 is 0 Å². The van der Waals surface area contributed by atoms with Crippen LogP contribution in [0.3, 0.4) is 0 Å². The van der Waals surface area contributed by atoms with Crippen LogP contribution in [0.15, 0.2) is 0 Å². The third-order valence-electron chi connectivity index (χ3n) is 1.99. The molecule has 0 amide bonds. The first kappa shape index (κ1) is 11.5. The van der Waals surface area contributed by atoms with Crippen molar-refractivity contribution in [3.63, 3.8) is 0 Å². The van der Waals surface area contributed by atoms with E-state index in [4.69, 9.17) is 11.2 Å². The monoisotopic (exact) mass is 169 g/mol. The van der Waals surface area contributed by atoms with Crippen LogP contribution < -0.4 is 5.32 Å². The second kappa shape index (κ2) is 5.18. The Bertz CT molecular complexity index is 158. The molecule has 0 aromatic heterocycles. The van der Waals surface area contributed by atoms with Crippen LogP contribution in [0.1, 0.15) is 27.2 Å². The number of rotatable bonds is 5. The Morgan fingerprint density at radius 1 is 1.58 bits per heavy atom. The fourth-order valence-electron chi connectivity index (χ4n) is 0.912. The van der Waals surface area contributed by atoms with Crippen LogP contribution in [-0.2, 0) is 4.74 Å². The molecule has 0 aliphatic rings. The summed E-state index contributed by atoms with van der Waals surface area (Å²) >= 11 is 0. The molecule has 0 bridgehead atoms. The average molecular weight is 169 g/mol. The van der Waals surface area contributed by atoms with Gasteiger partial charge in [-0.25, -0.2) is 0 Å². The molecular weight excluding hydrogens is 150 g/mol. The van der Waals surface area contributed by atoms with Crippen LogP contribution in [0.5, 0.6) is 0 Å². The van der Waals surface area contributed by atoms with Crippen molar-refractivity contribution in [3.05, 3.63) is 0 Å². The van der Waals surface area contributed by atoms with E-state index in [-0.39, 0.29) is 11.6 Å². The van der Waals surface area contributed by atoms with Gasteiger partial charge in [0.25, 0.3) is 0 Å². The Kier molecular flexibility index (Phi) is 4.96. The lowest BCUT2D eigenvalue weighted by Gasteiger charge is -2.30. The zero-order valence-electron chi connectivity index (χ0n) is 8.48. The van der Waals surface area contributed by atoms with Crippen LogP contribution >= 0.6 is 0 Å². The van der Waals surface area contributed by atoms with E-state index in [1.807, 2.05) is 13.8 Å². The van der Waals surface area contributed by atoms with Gasteiger partial charge in [-0.1, -0.05) is 12.8 Å². The van der Waals surface area contributed by atoms with E-state index in [9.17, 15) is 0 Å². The number of nitrogens with one attached hydrogen (secondary N) is 1. The van der Waals surface area contributed by atoms with Gasteiger partial charge in [0.05, 0.1) is 11.6 Å². The van der Waals surface area contributed by atoms with E-state index < -0.39 is 0 Å². The van der Waals surface area contributed by atoms with Gasteiger partial charge in [0.2, 0.25) is 0 Å². The largest absolute Gasteiger partial charge is 0.376 e. The Morgan fingerprint density at radius 3 is 2.50 bits per heavy atom. The Morgan fingerprint density at radius 2 is 2.17 bits per heavy atom. The minimum Gasteiger partial charge on any atom is -0.376 e. The van der Waals surface area contributed by atoms with Crippen LogP contribution in [0, 0.1) is 12.3 Å². The minimum atomic E-state index is -0.288. The van der Waals surface area contributed by atoms with Crippen molar-refractivity contribution in [1.29, 1.82) is 0 Å². The molecule has 0 rings (SSSR count). The number of hydrogen-bond acceptors (Lipinski definition) is 2. The summed E-state index contributed by atoms with van der Waals surface area (Å²) in [6.07, 6.45) is 6.46. The zero-order valence-corrected chi connectivity index (χ0v) is 8.48. The molecule has 0 radical (unpaired) electrons. The van der Waals surface area contributed by atoms with Gasteiger partial charge in [0, 0.05) is 7.11 Å². The third-order valence-corrected chi connectivity index (χ3v) is 1.99. The van der Waals surface area contributed by atoms with Crippen molar-refractivity contribution in [2.45, 2.75) is 38.8 Å². The smallest absolute Gasteiger partial charge is 0.0975 e. The fourth-order valence-corrected chi connectivity index (χ4v) is 0.912. The highest BCUT2D eigenvalue weighted by Crippen LogP contribution is 2.12. The molecule has 2 heteroatoms. The molecule has 0 spiro atoms. The summed E-state index contributed by atoms with van der Waals surface area (Å²) in [4.78, 5) is 0. The van der Waals surface area contributed by atoms with Crippen LogP contribution in [-0.4, -0.2) is 25.3 Å². The Balaban J connectivity index is 4.07. The molecule has 70 valence electrons. The van der Waals surface area contributed by atoms with Crippen molar-refractivity contribution in [1.82, 2.24) is 5.32 Å². The molecule has 0 heterocycles. The molecule has 0 aromatic carbocycles. The van der Waals surface area contributed by atoms with Gasteiger partial charge in [0.15, 0.2) is 0 Å².